The molecule has 1 amide bonds. The lowest BCUT2D eigenvalue weighted by molar-refractivity contribution is -0.143. The lowest BCUT2D eigenvalue weighted by atomic mass is 10.1. The smallest absolute Gasteiger partial charge is 0.344 e. The second kappa shape index (κ2) is 8.00. The second-order valence-corrected chi connectivity index (χ2v) is 6.86. The summed E-state index contributed by atoms with van der Waals surface area (Å²) in [5.74, 6) is -1.86. The number of hydrogen-bond donors (Lipinski definition) is 1. The third-order valence-corrected chi connectivity index (χ3v) is 4.74. The Balaban J connectivity index is 1.95. The van der Waals surface area contributed by atoms with Crippen molar-refractivity contribution in [3.05, 3.63) is 75.3 Å². The molecule has 1 aromatic heterocycles. The molecule has 0 bridgehead atoms. The molecule has 1 atom stereocenters. The summed E-state index contributed by atoms with van der Waals surface area (Å²) in [5.41, 5.74) is -2.05. The topological polar surface area (TPSA) is 59.8 Å². The molecule has 0 radical (unpaired) electrons. The molecule has 2 aromatic carbocycles. The summed E-state index contributed by atoms with van der Waals surface area (Å²) >= 11 is 11.8. The van der Waals surface area contributed by atoms with E-state index in [0.717, 1.165) is 12.1 Å². The van der Waals surface area contributed by atoms with E-state index in [1.807, 2.05) is 0 Å². The van der Waals surface area contributed by atoms with Crippen LogP contribution in [0.2, 0.25) is 10.0 Å². The molecule has 0 aliphatic heterocycles. The van der Waals surface area contributed by atoms with Gasteiger partial charge in [-0.15, -0.1) is 5.10 Å². The zero-order chi connectivity index (χ0) is 21.3. The van der Waals surface area contributed by atoms with Crippen molar-refractivity contribution in [1.29, 1.82) is 0 Å². The molecule has 0 spiro atoms. The summed E-state index contributed by atoms with van der Waals surface area (Å²) in [6, 6.07) is 8.23. The molecule has 29 heavy (non-hydrogen) atoms. The van der Waals surface area contributed by atoms with E-state index < -0.39 is 35.3 Å². The molecule has 1 unspecified atom stereocenters. The van der Waals surface area contributed by atoms with Gasteiger partial charge in [-0.05, 0) is 42.8 Å². The van der Waals surface area contributed by atoms with Gasteiger partial charge in [-0.3, -0.25) is 4.79 Å². The average Bonchev–Trinajstić information content (AvgIpc) is 3.09. The number of aromatic nitrogens is 3. The van der Waals surface area contributed by atoms with Crippen LogP contribution in [0.3, 0.4) is 0 Å². The Bertz CT molecular complexity index is 1070. The molecule has 5 nitrogen and oxygen atoms in total. The predicted octanol–water partition coefficient (Wildman–Crippen LogP) is 5.22. The van der Waals surface area contributed by atoms with Gasteiger partial charge in [0.15, 0.2) is 11.4 Å². The van der Waals surface area contributed by atoms with Crippen molar-refractivity contribution in [2.24, 2.45) is 0 Å². The largest absolute Gasteiger partial charge is 0.435 e. The lowest BCUT2D eigenvalue weighted by Crippen LogP contribution is -2.29. The summed E-state index contributed by atoms with van der Waals surface area (Å²) in [4.78, 5) is 12.5. The highest BCUT2D eigenvalue weighted by atomic mass is 35.5. The Labute approximate surface area is 172 Å². The standard InChI is InChI=1S/C18H12Cl2F4N4O/c1-9(10-5-6-13(19)14(20)7-10)25-17(29)15-16(18(22,23)24)28(27-26-15)12-4-2-3-11(21)8-12/h2-9H,1H3,(H,25,29). The van der Waals surface area contributed by atoms with Gasteiger partial charge in [-0.25, -0.2) is 9.07 Å². The van der Waals surface area contributed by atoms with E-state index in [1.54, 1.807) is 13.0 Å². The maximum atomic E-state index is 13.6. The van der Waals surface area contributed by atoms with Crippen LogP contribution in [0.5, 0.6) is 0 Å². The maximum Gasteiger partial charge on any atom is 0.435 e. The van der Waals surface area contributed by atoms with E-state index in [-0.39, 0.29) is 10.7 Å². The number of carbonyl (C=O) groups excluding carboxylic acids is 1. The second-order valence-electron chi connectivity index (χ2n) is 6.04. The van der Waals surface area contributed by atoms with Crippen LogP contribution in [0.25, 0.3) is 5.69 Å². The highest BCUT2D eigenvalue weighted by molar-refractivity contribution is 6.42. The first kappa shape index (κ1) is 21.1. The Morgan fingerprint density at radius 3 is 2.48 bits per heavy atom. The highest BCUT2D eigenvalue weighted by Gasteiger charge is 2.42. The van der Waals surface area contributed by atoms with Gasteiger partial charge in [-0.2, -0.15) is 13.2 Å². The van der Waals surface area contributed by atoms with Gasteiger partial charge in [0, 0.05) is 0 Å². The summed E-state index contributed by atoms with van der Waals surface area (Å²) < 4.78 is 54.7. The first-order valence-electron chi connectivity index (χ1n) is 8.12. The fraction of sp³-hybridized carbons (Fsp3) is 0.167. The fourth-order valence-corrected chi connectivity index (χ4v) is 2.91. The molecule has 0 aliphatic carbocycles. The van der Waals surface area contributed by atoms with Crippen LogP contribution >= 0.6 is 23.2 Å². The number of hydrogen-bond acceptors (Lipinski definition) is 3. The molecule has 0 aliphatic rings. The number of alkyl halides is 3. The minimum absolute atomic E-state index is 0.221. The van der Waals surface area contributed by atoms with E-state index in [4.69, 9.17) is 23.2 Å². The molecule has 0 saturated carbocycles. The third-order valence-electron chi connectivity index (χ3n) is 4.00. The first-order chi connectivity index (χ1) is 13.6. The molecule has 1 heterocycles. The Hall–Kier alpha value is -2.65. The van der Waals surface area contributed by atoms with E-state index in [2.05, 4.69) is 15.6 Å². The van der Waals surface area contributed by atoms with Crippen LogP contribution in [0.4, 0.5) is 17.6 Å². The van der Waals surface area contributed by atoms with Crippen LogP contribution in [0.1, 0.15) is 34.7 Å². The fourth-order valence-electron chi connectivity index (χ4n) is 2.61. The molecule has 1 N–H and O–H groups in total. The van der Waals surface area contributed by atoms with Crippen molar-refractivity contribution >= 4 is 29.1 Å². The van der Waals surface area contributed by atoms with Gasteiger partial charge in [0.2, 0.25) is 0 Å². The van der Waals surface area contributed by atoms with Crippen LogP contribution in [-0.4, -0.2) is 20.9 Å². The number of rotatable bonds is 4. The predicted molar refractivity (Wildman–Crippen MR) is 98.7 cm³/mol. The van der Waals surface area contributed by atoms with Crippen molar-refractivity contribution in [1.82, 2.24) is 20.3 Å². The minimum atomic E-state index is -4.96. The number of amides is 1. The van der Waals surface area contributed by atoms with Crippen LogP contribution in [0.15, 0.2) is 42.5 Å². The normalized spacial score (nSPS) is 12.7. The lowest BCUT2D eigenvalue weighted by Gasteiger charge is -2.15. The Morgan fingerprint density at radius 2 is 1.86 bits per heavy atom. The number of nitrogens with one attached hydrogen (secondary N) is 1. The average molecular weight is 447 g/mol. The van der Waals surface area contributed by atoms with E-state index in [0.29, 0.717) is 15.3 Å². The molecular formula is C18H12Cl2F4N4O. The van der Waals surface area contributed by atoms with Crippen LogP contribution < -0.4 is 5.32 Å². The van der Waals surface area contributed by atoms with E-state index in [9.17, 15) is 22.4 Å². The van der Waals surface area contributed by atoms with Crippen LogP contribution in [-0.2, 0) is 6.18 Å². The van der Waals surface area contributed by atoms with Crippen molar-refractivity contribution in [3.8, 4) is 5.69 Å². The zero-order valence-corrected chi connectivity index (χ0v) is 16.1. The minimum Gasteiger partial charge on any atom is -0.344 e. The quantitative estimate of drug-likeness (QED) is 0.558. The zero-order valence-electron chi connectivity index (χ0n) is 14.6. The summed E-state index contributed by atoms with van der Waals surface area (Å²) in [5, 5.41) is 9.73. The van der Waals surface area contributed by atoms with Gasteiger partial charge >= 0.3 is 6.18 Å². The van der Waals surface area contributed by atoms with Gasteiger partial charge in [0.25, 0.3) is 5.91 Å². The first-order valence-corrected chi connectivity index (χ1v) is 8.88. The maximum absolute atomic E-state index is 13.6. The molecular weight excluding hydrogens is 435 g/mol. The number of benzene rings is 2. The molecule has 3 rings (SSSR count). The SMILES string of the molecule is CC(NC(=O)c1nnn(-c2cccc(F)c2)c1C(F)(F)F)c1ccc(Cl)c(Cl)c1. The third kappa shape index (κ3) is 4.51. The van der Waals surface area contributed by atoms with Crippen molar-refractivity contribution < 1.29 is 22.4 Å². The Morgan fingerprint density at radius 1 is 1.14 bits per heavy atom. The van der Waals surface area contributed by atoms with Crippen LogP contribution in [0, 0.1) is 5.82 Å². The molecule has 0 saturated heterocycles. The number of nitrogens with zero attached hydrogens (tertiary/aromatic N) is 3. The molecule has 11 heteroatoms. The highest BCUT2D eigenvalue weighted by Crippen LogP contribution is 2.33. The molecule has 152 valence electrons. The van der Waals surface area contributed by atoms with Gasteiger partial charge < -0.3 is 5.32 Å². The van der Waals surface area contributed by atoms with Crippen molar-refractivity contribution in [3.63, 3.8) is 0 Å². The number of halogens is 6. The summed E-state index contributed by atoms with van der Waals surface area (Å²) in [6.07, 6.45) is -4.96. The van der Waals surface area contributed by atoms with Gasteiger partial charge in [0.1, 0.15) is 5.82 Å². The number of carbonyl (C=O) groups is 1. The van der Waals surface area contributed by atoms with Gasteiger partial charge in [0.05, 0.1) is 21.8 Å². The Kier molecular flexibility index (Phi) is 5.81. The molecule has 3 aromatic rings. The van der Waals surface area contributed by atoms with Gasteiger partial charge in [-0.1, -0.05) is 40.5 Å². The van der Waals surface area contributed by atoms with Crippen molar-refractivity contribution in [2.45, 2.75) is 19.1 Å². The summed E-state index contributed by atoms with van der Waals surface area (Å²) in [7, 11) is 0. The monoisotopic (exact) mass is 446 g/mol. The molecule has 0 fully saturated rings. The van der Waals surface area contributed by atoms with E-state index in [1.165, 1.54) is 24.3 Å². The van der Waals surface area contributed by atoms with Crippen molar-refractivity contribution in [2.75, 3.05) is 0 Å². The van der Waals surface area contributed by atoms with E-state index >= 15 is 0 Å². The summed E-state index contributed by atoms with van der Waals surface area (Å²) in [6.45, 7) is 1.56.